The van der Waals surface area contributed by atoms with Gasteiger partial charge in [-0.15, -0.1) is 11.6 Å². The normalized spacial score (nSPS) is 11.8. The third kappa shape index (κ3) is 4.96. The van der Waals surface area contributed by atoms with Gasteiger partial charge in [0.25, 0.3) is 0 Å². The van der Waals surface area contributed by atoms with Crippen molar-refractivity contribution in [2.45, 2.75) is 12.0 Å². The number of aliphatic hydroxyl groups excluding tert-OH is 2. The first-order chi connectivity index (χ1) is 11.1. The first kappa shape index (κ1) is 17.3. The van der Waals surface area contributed by atoms with Crippen molar-refractivity contribution in [1.29, 1.82) is 0 Å². The minimum atomic E-state index is -1.08. The Bertz CT molecular complexity index is 663. The second-order valence-corrected chi connectivity index (χ2v) is 5.21. The number of para-hydroxylation sites is 1. The molecule has 5 nitrogen and oxygen atoms in total. The second kappa shape index (κ2) is 8.53. The topological polar surface area (TPSA) is 78.8 Å². The Morgan fingerprint density at radius 2 is 2.00 bits per heavy atom. The van der Waals surface area contributed by atoms with Gasteiger partial charge >= 0.3 is 5.97 Å². The highest BCUT2D eigenvalue weighted by atomic mass is 35.5. The van der Waals surface area contributed by atoms with Gasteiger partial charge in [-0.05, 0) is 29.8 Å². The predicted octanol–water partition coefficient (Wildman–Crippen LogP) is 2.68. The van der Waals surface area contributed by atoms with Crippen LogP contribution in [0.25, 0.3) is 0 Å². The second-order valence-electron chi connectivity index (χ2n) is 4.94. The van der Waals surface area contributed by atoms with E-state index in [4.69, 9.17) is 21.4 Å². The molecule has 0 bridgehead atoms. The van der Waals surface area contributed by atoms with Crippen molar-refractivity contribution in [2.24, 2.45) is 0 Å². The number of esters is 1. The number of alkyl halides is 1. The van der Waals surface area contributed by atoms with Gasteiger partial charge in [0.2, 0.25) is 0 Å². The van der Waals surface area contributed by atoms with Crippen LogP contribution in [0.2, 0.25) is 0 Å². The third-order valence-electron chi connectivity index (χ3n) is 3.12. The van der Waals surface area contributed by atoms with Crippen LogP contribution in [0.4, 0.5) is 11.4 Å². The SMILES string of the molecule is O=C(OCC(O)CO)c1ccccc1Nc1cccc(CCl)c1. The zero-order valence-electron chi connectivity index (χ0n) is 12.4. The van der Waals surface area contributed by atoms with E-state index in [1.54, 1.807) is 24.3 Å². The fourth-order valence-electron chi connectivity index (χ4n) is 1.96. The molecule has 122 valence electrons. The van der Waals surface area contributed by atoms with E-state index in [1.165, 1.54) is 0 Å². The van der Waals surface area contributed by atoms with Crippen molar-refractivity contribution < 1.29 is 19.7 Å². The Morgan fingerprint density at radius 3 is 2.74 bits per heavy atom. The highest BCUT2D eigenvalue weighted by Gasteiger charge is 2.14. The Hall–Kier alpha value is -2.08. The summed E-state index contributed by atoms with van der Waals surface area (Å²) in [6.07, 6.45) is -1.08. The monoisotopic (exact) mass is 335 g/mol. The minimum Gasteiger partial charge on any atom is -0.459 e. The molecule has 2 aromatic carbocycles. The molecule has 1 atom stereocenters. The van der Waals surface area contributed by atoms with E-state index in [0.29, 0.717) is 17.1 Å². The summed E-state index contributed by atoms with van der Waals surface area (Å²) in [5.41, 5.74) is 2.69. The standard InChI is InChI=1S/C17H18ClNO4/c18-9-12-4-3-5-13(8-12)19-16-7-2-1-6-15(16)17(22)23-11-14(21)10-20/h1-8,14,19-21H,9-11H2. The van der Waals surface area contributed by atoms with E-state index < -0.39 is 18.7 Å². The molecule has 0 fully saturated rings. The van der Waals surface area contributed by atoms with Crippen LogP contribution in [0.3, 0.4) is 0 Å². The maximum absolute atomic E-state index is 12.1. The van der Waals surface area contributed by atoms with E-state index in [-0.39, 0.29) is 6.61 Å². The molecule has 3 N–H and O–H groups in total. The van der Waals surface area contributed by atoms with Gasteiger partial charge in [0, 0.05) is 11.6 Å². The summed E-state index contributed by atoms with van der Waals surface area (Å²) in [7, 11) is 0. The third-order valence-corrected chi connectivity index (χ3v) is 3.43. The molecule has 23 heavy (non-hydrogen) atoms. The average Bonchev–Trinajstić information content (AvgIpc) is 2.60. The number of carbonyl (C=O) groups excluding carboxylic acids is 1. The van der Waals surface area contributed by atoms with E-state index in [2.05, 4.69) is 5.32 Å². The predicted molar refractivity (Wildman–Crippen MR) is 89.1 cm³/mol. The number of hydrogen-bond acceptors (Lipinski definition) is 5. The molecule has 0 amide bonds. The van der Waals surface area contributed by atoms with Crippen LogP contribution in [0.1, 0.15) is 15.9 Å². The fourth-order valence-corrected chi connectivity index (χ4v) is 2.13. The van der Waals surface area contributed by atoms with Gasteiger partial charge in [-0.3, -0.25) is 0 Å². The van der Waals surface area contributed by atoms with E-state index >= 15 is 0 Å². The zero-order valence-corrected chi connectivity index (χ0v) is 13.2. The number of hydrogen-bond donors (Lipinski definition) is 3. The smallest absolute Gasteiger partial charge is 0.340 e. The zero-order chi connectivity index (χ0) is 16.7. The summed E-state index contributed by atoms with van der Waals surface area (Å²) < 4.78 is 4.99. The van der Waals surface area contributed by atoms with Crippen LogP contribution in [0.5, 0.6) is 0 Å². The number of benzene rings is 2. The lowest BCUT2D eigenvalue weighted by molar-refractivity contribution is 0.00941. The Balaban J connectivity index is 2.15. The van der Waals surface area contributed by atoms with Gasteiger partial charge in [-0.1, -0.05) is 24.3 Å². The molecule has 6 heteroatoms. The first-order valence-corrected chi connectivity index (χ1v) is 7.64. The molecule has 2 rings (SSSR count). The number of carbonyl (C=O) groups is 1. The van der Waals surface area contributed by atoms with E-state index in [1.807, 2.05) is 24.3 Å². The van der Waals surface area contributed by atoms with Crippen LogP contribution in [-0.2, 0) is 10.6 Å². The van der Waals surface area contributed by atoms with E-state index in [0.717, 1.165) is 11.3 Å². The number of aliphatic hydroxyl groups is 2. The number of halogens is 1. The molecule has 0 saturated heterocycles. The maximum atomic E-state index is 12.1. The molecule has 0 radical (unpaired) electrons. The molecule has 0 aliphatic carbocycles. The summed E-state index contributed by atoms with van der Waals surface area (Å²) in [6, 6.07) is 14.5. The van der Waals surface area contributed by atoms with Gasteiger partial charge in [-0.2, -0.15) is 0 Å². The lowest BCUT2D eigenvalue weighted by Gasteiger charge is -2.13. The molecule has 0 aliphatic heterocycles. The summed E-state index contributed by atoms with van der Waals surface area (Å²) in [4.78, 5) is 12.1. The van der Waals surface area contributed by atoms with Crippen molar-refractivity contribution in [2.75, 3.05) is 18.5 Å². The lowest BCUT2D eigenvalue weighted by atomic mass is 10.1. The van der Waals surface area contributed by atoms with Crippen molar-refractivity contribution in [3.63, 3.8) is 0 Å². The molecule has 0 aliphatic rings. The highest BCUT2D eigenvalue weighted by molar-refractivity contribution is 6.17. The Kier molecular flexibility index (Phi) is 6.40. The summed E-state index contributed by atoms with van der Waals surface area (Å²) in [5.74, 6) is -0.174. The summed E-state index contributed by atoms with van der Waals surface area (Å²) in [6.45, 7) is -0.718. The Labute approximate surface area is 139 Å². The van der Waals surface area contributed by atoms with Crippen LogP contribution in [0, 0.1) is 0 Å². The molecular formula is C17H18ClNO4. The average molecular weight is 336 g/mol. The molecule has 0 heterocycles. The van der Waals surface area contributed by atoms with E-state index in [9.17, 15) is 9.90 Å². The van der Waals surface area contributed by atoms with Crippen LogP contribution in [-0.4, -0.2) is 35.5 Å². The largest absolute Gasteiger partial charge is 0.459 e. The molecular weight excluding hydrogens is 318 g/mol. The molecule has 0 spiro atoms. The molecule has 1 unspecified atom stereocenters. The van der Waals surface area contributed by atoms with Crippen molar-refractivity contribution in [3.8, 4) is 0 Å². The fraction of sp³-hybridized carbons (Fsp3) is 0.235. The molecule has 0 aromatic heterocycles. The minimum absolute atomic E-state index is 0.259. The van der Waals surface area contributed by atoms with Crippen molar-refractivity contribution in [3.05, 3.63) is 59.7 Å². The van der Waals surface area contributed by atoms with Gasteiger partial charge in [0.05, 0.1) is 17.9 Å². The van der Waals surface area contributed by atoms with Crippen LogP contribution < -0.4 is 5.32 Å². The van der Waals surface area contributed by atoms with Crippen molar-refractivity contribution >= 4 is 28.9 Å². The first-order valence-electron chi connectivity index (χ1n) is 7.11. The summed E-state index contributed by atoms with van der Waals surface area (Å²) in [5, 5.41) is 21.2. The van der Waals surface area contributed by atoms with Crippen LogP contribution in [0.15, 0.2) is 48.5 Å². The molecule has 2 aromatic rings. The summed E-state index contributed by atoms with van der Waals surface area (Å²) >= 11 is 5.82. The van der Waals surface area contributed by atoms with Crippen LogP contribution >= 0.6 is 11.6 Å². The van der Waals surface area contributed by atoms with Gasteiger partial charge in [-0.25, -0.2) is 4.79 Å². The van der Waals surface area contributed by atoms with Gasteiger partial charge < -0.3 is 20.3 Å². The van der Waals surface area contributed by atoms with Gasteiger partial charge in [0.1, 0.15) is 12.7 Å². The van der Waals surface area contributed by atoms with Crippen molar-refractivity contribution in [1.82, 2.24) is 0 Å². The number of nitrogens with one attached hydrogen (secondary N) is 1. The highest BCUT2D eigenvalue weighted by Crippen LogP contribution is 2.23. The lowest BCUT2D eigenvalue weighted by Crippen LogP contribution is -2.22. The number of rotatable bonds is 7. The quantitative estimate of drug-likeness (QED) is 0.535. The van der Waals surface area contributed by atoms with Gasteiger partial charge in [0.15, 0.2) is 0 Å². The maximum Gasteiger partial charge on any atom is 0.340 e. The number of anilines is 2. The Morgan fingerprint density at radius 1 is 1.22 bits per heavy atom. The number of ether oxygens (including phenoxy) is 1. The molecule has 0 saturated carbocycles.